The molecule has 0 saturated heterocycles. The highest BCUT2D eigenvalue weighted by Crippen LogP contribution is 2.32. The van der Waals surface area contributed by atoms with E-state index in [-0.39, 0.29) is 0 Å². The van der Waals surface area contributed by atoms with Crippen LogP contribution in [0, 0.1) is 12.8 Å². The van der Waals surface area contributed by atoms with E-state index in [1.165, 1.54) is 17.7 Å². The van der Waals surface area contributed by atoms with Crippen molar-refractivity contribution in [3.63, 3.8) is 0 Å². The van der Waals surface area contributed by atoms with Gasteiger partial charge in [0.2, 0.25) is 0 Å². The molecule has 1 heterocycles. The van der Waals surface area contributed by atoms with Crippen molar-refractivity contribution in [1.29, 1.82) is 0 Å². The lowest BCUT2D eigenvalue weighted by molar-refractivity contribution is 0.629. The molecule has 1 atom stereocenters. The summed E-state index contributed by atoms with van der Waals surface area (Å²) >= 11 is 1.98. The van der Waals surface area contributed by atoms with Crippen LogP contribution in [0.1, 0.15) is 22.2 Å². The molecule has 1 aliphatic carbocycles. The fourth-order valence-electron chi connectivity index (χ4n) is 1.72. The molecule has 0 spiro atoms. The van der Waals surface area contributed by atoms with Crippen LogP contribution in [0.3, 0.4) is 0 Å². The monoisotopic (exact) mass is 152 g/mol. The van der Waals surface area contributed by atoms with Crippen LogP contribution in [-0.2, 0) is 12.8 Å². The van der Waals surface area contributed by atoms with Crippen LogP contribution in [0.4, 0.5) is 0 Å². The summed E-state index contributed by atoms with van der Waals surface area (Å²) in [4.78, 5) is 3.13. The van der Waals surface area contributed by atoms with Gasteiger partial charge in [0.05, 0.1) is 0 Å². The summed E-state index contributed by atoms with van der Waals surface area (Å²) in [7, 11) is 0. The van der Waals surface area contributed by atoms with E-state index in [0.29, 0.717) is 0 Å². The normalized spacial score (nSPS) is 23.2. The fourth-order valence-corrected chi connectivity index (χ4v) is 2.96. The molecule has 0 aliphatic heterocycles. The topological polar surface area (TPSA) is 0 Å². The highest BCUT2D eigenvalue weighted by Gasteiger charge is 2.19. The van der Waals surface area contributed by atoms with Gasteiger partial charge in [-0.2, -0.15) is 0 Å². The molecule has 1 aromatic heterocycles. The van der Waals surface area contributed by atoms with Gasteiger partial charge in [-0.15, -0.1) is 11.3 Å². The summed E-state index contributed by atoms with van der Waals surface area (Å²) in [6.45, 7) is 4.54. The van der Waals surface area contributed by atoms with Gasteiger partial charge in [0.15, 0.2) is 0 Å². The van der Waals surface area contributed by atoms with Crippen LogP contribution < -0.4 is 0 Å². The molecule has 0 amide bonds. The molecule has 54 valence electrons. The summed E-state index contributed by atoms with van der Waals surface area (Å²) in [6.07, 6.45) is 2.65. The molecule has 1 unspecified atom stereocenters. The van der Waals surface area contributed by atoms with E-state index in [1.54, 1.807) is 10.4 Å². The molecule has 0 fully saturated rings. The summed E-state index contributed by atoms with van der Waals surface area (Å²) in [5, 5.41) is 0. The zero-order chi connectivity index (χ0) is 7.14. The molecule has 1 aliphatic rings. The summed E-state index contributed by atoms with van der Waals surface area (Å²) in [5.41, 5.74) is 1.62. The first-order valence-electron chi connectivity index (χ1n) is 3.84. The van der Waals surface area contributed by atoms with Crippen molar-refractivity contribution in [1.82, 2.24) is 0 Å². The smallest absolute Gasteiger partial charge is 0.00829 e. The second-order valence-corrected chi connectivity index (χ2v) is 4.66. The lowest BCUT2D eigenvalue weighted by atomic mass is 10.1. The minimum atomic E-state index is 0.904. The van der Waals surface area contributed by atoms with Crippen molar-refractivity contribution in [2.24, 2.45) is 5.92 Å². The number of thiophene rings is 1. The van der Waals surface area contributed by atoms with Crippen LogP contribution in [0.2, 0.25) is 0 Å². The molecule has 0 radical (unpaired) electrons. The Kier molecular flexibility index (Phi) is 1.34. The standard InChI is InChI=1S/C9H12S/c1-6-3-8-5-7(2)10-9(8)4-6/h5-6H,3-4H2,1-2H3. The highest BCUT2D eigenvalue weighted by atomic mass is 32.1. The third kappa shape index (κ3) is 0.891. The Balaban J connectivity index is 2.39. The van der Waals surface area contributed by atoms with Crippen LogP contribution in [0.5, 0.6) is 0 Å². The summed E-state index contributed by atoms with van der Waals surface area (Å²) in [5.74, 6) is 0.904. The minimum absolute atomic E-state index is 0.904. The van der Waals surface area contributed by atoms with Gasteiger partial charge in [0, 0.05) is 9.75 Å². The summed E-state index contributed by atoms with van der Waals surface area (Å²) in [6, 6.07) is 2.35. The molecule has 0 N–H and O–H groups in total. The molecular formula is C9H12S. The average Bonchev–Trinajstić information content (AvgIpc) is 2.21. The first-order chi connectivity index (χ1) is 4.75. The van der Waals surface area contributed by atoms with Crippen LogP contribution in [0.15, 0.2) is 6.07 Å². The van der Waals surface area contributed by atoms with Crippen molar-refractivity contribution in [3.05, 3.63) is 21.4 Å². The van der Waals surface area contributed by atoms with Gasteiger partial charge in [0.1, 0.15) is 0 Å². The van der Waals surface area contributed by atoms with Gasteiger partial charge in [0.25, 0.3) is 0 Å². The van der Waals surface area contributed by atoms with E-state index in [0.717, 1.165) is 5.92 Å². The Bertz CT molecular complexity index is 224. The molecule has 2 rings (SSSR count). The maximum Gasteiger partial charge on any atom is 0.00829 e. The first kappa shape index (κ1) is 6.41. The molecule has 0 bridgehead atoms. The Morgan fingerprint density at radius 3 is 3.00 bits per heavy atom. The SMILES string of the molecule is Cc1cc2c(s1)CC(C)C2. The van der Waals surface area contributed by atoms with Crippen molar-refractivity contribution < 1.29 is 0 Å². The Hall–Kier alpha value is -0.300. The number of hydrogen-bond donors (Lipinski definition) is 0. The molecule has 10 heavy (non-hydrogen) atoms. The molecule has 0 nitrogen and oxygen atoms in total. The minimum Gasteiger partial charge on any atom is -0.145 e. The molecule has 1 heteroatoms. The summed E-state index contributed by atoms with van der Waals surface area (Å²) < 4.78 is 0. The number of aryl methyl sites for hydroxylation is 1. The average molecular weight is 152 g/mol. The van der Waals surface area contributed by atoms with Crippen LogP contribution in [-0.4, -0.2) is 0 Å². The number of rotatable bonds is 0. The zero-order valence-electron chi connectivity index (χ0n) is 6.48. The lowest BCUT2D eigenvalue weighted by Crippen LogP contribution is -1.90. The molecule has 1 aromatic rings. The zero-order valence-corrected chi connectivity index (χ0v) is 7.29. The number of fused-ring (bicyclic) bond motifs is 1. The predicted molar refractivity (Wildman–Crippen MR) is 45.6 cm³/mol. The van der Waals surface area contributed by atoms with Crippen molar-refractivity contribution in [2.45, 2.75) is 26.7 Å². The third-order valence-electron chi connectivity index (χ3n) is 2.12. The lowest BCUT2D eigenvalue weighted by Gasteiger charge is -1.95. The van der Waals surface area contributed by atoms with Gasteiger partial charge in [-0.3, -0.25) is 0 Å². The number of hydrogen-bond acceptors (Lipinski definition) is 1. The van der Waals surface area contributed by atoms with Gasteiger partial charge in [-0.1, -0.05) is 6.92 Å². The predicted octanol–water partition coefficient (Wildman–Crippen LogP) is 2.79. The first-order valence-corrected chi connectivity index (χ1v) is 4.65. The van der Waals surface area contributed by atoms with E-state index in [2.05, 4.69) is 19.9 Å². The molecular weight excluding hydrogens is 140 g/mol. The molecule has 0 saturated carbocycles. The molecule has 0 aromatic carbocycles. The Morgan fingerprint density at radius 2 is 2.30 bits per heavy atom. The second kappa shape index (κ2) is 2.09. The largest absolute Gasteiger partial charge is 0.145 e. The van der Waals surface area contributed by atoms with Crippen LogP contribution in [0.25, 0.3) is 0 Å². The van der Waals surface area contributed by atoms with Gasteiger partial charge < -0.3 is 0 Å². The quantitative estimate of drug-likeness (QED) is 0.536. The Labute approximate surface area is 65.9 Å². The van der Waals surface area contributed by atoms with Crippen LogP contribution >= 0.6 is 11.3 Å². The van der Waals surface area contributed by atoms with Crippen molar-refractivity contribution in [2.75, 3.05) is 0 Å². The maximum absolute atomic E-state index is 2.35. The van der Waals surface area contributed by atoms with E-state index in [1.807, 2.05) is 11.3 Å². The Morgan fingerprint density at radius 1 is 1.50 bits per heavy atom. The van der Waals surface area contributed by atoms with E-state index in [4.69, 9.17) is 0 Å². The van der Waals surface area contributed by atoms with E-state index in [9.17, 15) is 0 Å². The van der Waals surface area contributed by atoms with Gasteiger partial charge in [-0.05, 0) is 37.3 Å². The van der Waals surface area contributed by atoms with Crippen molar-refractivity contribution in [3.8, 4) is 0 Å². The van der Waals surface area contributed by atoms with Crippen molar-refractivity contribution >= 4 is 11.3 Å². The highest BCUT2D eigenvalue weighted by molar-refractivity contribution is 7.12. The maximum atomic E-state index is 2.35. The third-order valence-corrected chi connectivity index (χ3v) is 3.24. The van der Waals surface area contributed by atoms with E-state index < -0.39 is 0 Å². The second-order valence-electron chi connectivity index (χ2n) is 3.32. The van der Waals surface area contributed by atoms with E-state index >= 15 is 0 Å². The fraction of sp³-hybridized carbons (Fsp3) is 0.556. The van der Waals surface area contributed by atoms with Gasteiger partial charge in [-0.25, -0.2) is 0 Å². The van der Waals surface area contributed by atoms with Gasteiger partial charge >= 0.3 is 0 Å².